The van der Waals surface area contributed by atoms with Crippen molar-refractivity contribution in [2.75, 3.05) is 25.1 Å². The zero-order valence-corrected chi connectivity index (χ0v) is 14.9. The van der Waals surface area contributed by atoms with E-state index in [1.54, 1.807) is 24.3 Å². The first-order valence-electron chi connectivity index (χ1n) is 8.58. The SMILES string of the molecule is Cc1ccc(C(=O)NCCC(=O)Nc2ccc3c(c2)OCCO3)cc1C. The Morgan fingerprint density at radius 2 is 1.73 bits per heavy atom. The Morgan fingerprint density at radius 3 is 2.50 bits per heavy atom. The highest BCUT2D eigenvalue weighted by molar-refractivity contribution is 5.95. The fraction of sp³-hybridized carbons (Fsp3) is 0.300. The molecular weight excluding hydrogens is 332 g/mol. The number of hydrogen-bond acceptors (Lipinski definition) is 4. The van der Waals surface area contributed by atoms with Gasteiger partial charge < -0.3 is 20.1 Å². The van der Waals surface area contributed by atoms with Gasteiger partial charge in [0.2, 0.25) is 5.91 Å². The van der Waals surface area contributed by atoms with Gasteiger partial charge in [0.1, 0.15) is 13.2 Å². The van der Waals surface area contributed by atoms with E-state index in [0.29, 0.717) is 36.0 Å². The molecule has 2 aromatic carbocycles. The quantitative estimate of drug-likeness (QED) is 0.866. The molecule has 2 aromatic rings. The first-order valence-corrected chi connectivity index (χ1v) is 8.58. The van der Waals surface area contributed by atoms with E-state index in [0.717, 1.165) is 11.1 Å². The van der Waals surface area contributed by atoms with Crippen molar-refractivity contribution in [2.45, 2.75) is 20.3 Å². The molecule has 0 spiro atoms. The first-order chi connectivity index (χ1) is 12.5. The Bertz CT molecular complexity index is 833. The summed E-state index contributed by atoms with van der Waals surface area (Å²) in [6.07, 6.45) is 0.186. The summed E-state index contributed by atoms with van der Waals surface area (Å²) >= 11 is 0. The van der Waals surface area contributed by atoms with Crippen LogP contribution in [0.25, 0.3) is 0 Å². The number of ether oxygens (including phenoxy) is 2. The summed E-state index contributed by atoms with van der Waals surface area (Å²) in [4.78, 5) is 24.2. The molecular formula is C20H22N2O4. The van der Waals surface area contributed by atoms with E-state index in [-0.39, 0.29) is 24.8 Å². The van der Waals surface area contributed by atoms with E-state index >= 15 is 0 Å². The average Bonchev–Trinajstić information content (AvgIpc) is 2.63. The average molecular weight is 354 g/mol. The maximum Gasteiger partial charge on any atom is 0.251 e. The molecule has 0 bridgehead atoms. The number of carbonyl (C=O) groups excluding carboxylic acids is 2. The van der Waals surface area contributed by atoms with Crippen LogP contribution in [-0.2, 0) is 4.79 Å². The van der Waals surface area contributed by atoms with Crippen molar-refractivity contribution in [3.05, 3.63) is 53.1 Å². The minimum atomic E-state index is -0.180. The third-order valence-corrected chi connectivity index (χ3v) is 4.23. The van der Waals surface area contributed by atoms with E-state index in [4.69, 9.17) is 9.47 Å². The smallest absolute Gasteiger partial charge is 0.251 e. The van der Waals surface area contributed by atoms with Crippen LogP contribution in [0.4, 0.5) is 5.69 Å². The maximum absolute atomic E-state index is 12.1. The molecule has 0 aliphatic carbocycles. The molecule has 0 fully saturated rings. The van der Waals surface area contributed by atoms with Crippen LogP contribution in [0.3, 0.4) is 0 Å². The van der Waals surface area contributed by atoms with Crippen LogP contribution in [0.5, 0.6) is 11.5 Å². The van der Waals surface area contributed by atoms with Gasteiger partial charge in [-0.1, -0.05) is 6.07 Å². The molecule has 26 heavy (non-hydrogen) atoms. The predicted molar refractivity (Wildman–Crippen MR) is 98.9 cm³/mol. The summed E-state index contributed by atoms with van der Waals surface area (Å²) < 4.78 is 10.9. The standard InChI is InChI=1S/C20H22N2O4/c1-13-3-4-15(11-14(13)2)20(24)21-8-7-19(23)22-16-5-6-17-18(12-16)26-10-9-25-17/h3-6,11-12H,7-10H2,1-2H3,(H,21,24)(H,22,23). The zero-order chi connectivity index (χ0) is 18.5. The lowest BCUT2D eigenvalue weighted by molar-refractivity contribution is -0.116. The Morgan fingerprint density at radius 1 is 0.962 bits per heavy atom. The zero-order valence-electron chi connectivity index (χ0n) is 14.9. The summed E-state index contributed by atoms with van der Waals surface area (Å²) in [5.41, 5.74) is 3.44. The second kappa shape index (κ2) is 7.91. The predicted octanol–water partition coefficient (Wildman–Crippen LogP) is 2.83. The van der Waals surface area contributed by atoms with Gasteiger partial charge in [-0.15, -0.1) is 0 Å². The third kappa shape index (κ3) is 4.33. The molecule has 2 N–H and O–H groups in total. The number of anilines is 1. The number of aryl methyl sites for hydroxylation is 2. The summed E-state index contributed by atoms with van der Waals surface area (Å²) in [5.74, 6) is 0.939. The summed E-state index contributed by atoms with van der Waals surface area (Å²) in [5, 5.41) is 5.56. The van der Waals surface area contributed by atoms with Crippen LogP contribution in [0.2, 0.25) is 0 Å². The number of nitrogens with one attached hydrogen (secondary N) is 2. The molecule has 6 nitrogen and oxygen atoms in total. The molecule has 0 radical (unpaired) electrons. The highest BCUT2D eigenvalue weighted by Crippen LogP contribution is 2.32. The van der Waals surface area contributed by atoms with Crippen molar-refractivity contribution < 1.29 is 19.1 Å². The fourth-order valence-electron chi connectivity index (χ4n) is 2.62. The number of fused-ring (bicyclic) bond motifs is 1. The second-order valence-electron chi connectivity index (χ2n) is 6.21. The molecule has 1 aliphatic heterocycles. The van der Waals surface area contributed by atoms with Crippen molar-refractivity contribution in [2.24, 2.45) is 0 Å². The molecule has 3 rings (SSSR count). The van der Waals surface area contributed by atoms with Crippen molar-refractivity contribution in [1.29, 1.82) is 0 Å². The van der Waals surface area contributed by atoms with E-state index in [1.807, 2.05) is 26.0 Å². The topological polar surface area (TPSA) is 76.7 Å². The summed E-state index contributed by atoms with van der Waals surface area (Å²) in [7, 11) is 0. The summed E-state index contributed by atoms with van der Waals surface area (Å²) in [6.45, 7) is 5.25. The highest BCUT2D eigenvalue weighted by Gasteiger charge is 2.13. The van der Waals surface area contributed by atoms with Gasteiger partial charge in [-0.25, -0.2) is 0 Å². The van der Waals surface area contributed by atoms with Crippen LogP contribution in [0.1, 0.15) is 27.9 Å². The second-order valence-corrected chi connectivity index (χ2v) is 6.21. The Hall–Kier alpha value is -3.02. The normalized spacial score (nSPS) is 12.4. The van der Waals surface area contributed by atoms with Crippen LogP contribution in [0, 0.1) is 13.8 Å². The van der Waals surface area contributed by atoms with E-state index in [1.165, 1.54) is 0 Å². The van der Waals surface area contributed by atoms with E-state index in [2.05, 4.69) is 10.6 Å². The molecule has 0 saturated heterocycles. The molecule has 1 aliphatic rings. The monoisotopic (exact) mass is 354 g/mol. The molecule has 0 aromatic heterocycles. The Labute approximate surface area is 152 Å². The molecule has 6 heteroatoms. The lowest BCUT2D eigenvalue weighted by atomic mass is 10.1. The number of carbonyl (C=O) groups is 2. The molecule has 136 valence electrons. The molecule has 1 heterocycles. The van der Waals surface area contributed by atoms with Gasteiger partial charge in [0.05, 0.1) is 0 Å². The largest absolute Gasteiger partial charge is 0.486 e. The third-order valence-electron chi connectivity index (χ3n) is 4.23. The van der Waals surface area contributed by atoms with Crippen molar-refractivity contribution >= 4 is 17.5 Å². The number of hydrogen-bond donors (Lipinski definition) is 2. The molecule has 0 unspecified atom stereocenters. The van der Waals surface area contributed by atoms with Gasteiger partial charge in [0.15, 0.2) is 11.5 Å². The van der Waals surface area contributed by atoms with Crippen molar-refractivity contribution in [3.63, 3.8) is 0 Å². The van der Waals surface area contributed by atoms with Gasteiger partial charge >= 0.3 is 0 Å². The van der Waals surface area contributed by atoms with Crippen molar-refractivity contribution in [1.82, 2.24) is 5.32 Å². The van der Waals surface area contributed by atoms with Crippen LogP contribution >= 0.6 is 0 Å². The molecule has 2 amide bonds. The lowest BCUT2D eigenvalue weighted by Crippen LogP contribution is -2.27. The number of amides is 2. The van der Waals surface area contributed by atoms with Gasteiger partial charge in [-0.3, -0.25) is 9.59 Å². The van der Waals surface area contributed by atoms with Crippen LogP contribution in [0.15, 0.2) is 36.4 Å². The maximum atomic E-state index is 12.1. The van der Waals surface area contributed by atoms with Gasteiger partial charge in [-0.05, 0) is 49.2 Å². The lowest BCUT2D eigenvalue weighted by Gasteiger charge is -2.19. The van der Waals surface area contributed by atoms with Crippen LogP contribution in [-0.4, -0.2) is 31.6 Å². The molecule has 0 atom stereocenters. The number of benzene rings is 2. The van der Waals surface area contributed by atoms with Gasteiger partial charge in [0, 0.05) is 30.3 Å². The van der Waals surface area contributed by atoms with Gasteiger partial charge in [-0.2, -0.15) is 0 Å². The highest BCUT2D eigenvalue weighted by atomic mass is 16.6. The Kier molecular flexibility index (Phi) is 5.41. The number of rotatable bonds is 5. The summed E-state index contributed by atoms with van der Waals surface area (Å²) in [6, 6.07) is 10.8. The van der Waals surface area contributed by atoms with E-state index < -0.39 is 0 Å². The van der Waals surface area contributed by atoms with Gasteiger partial charge in [0.25, 0.3) is 5.91 Å². The minimum absolute atomic E-state index is 0.179. The fourth-order valence-corrected chi connectivity index (χ4v) is 2.62. The van der Waals surface area contributed by atoms with Crippen molar-refractivity contribution in [3.8, 4) is 11.5 Å². The minimum Gasteiger partial charge on any atom is -0.486 e. The molecule has 0 saturated carbocycles. The Balaban J connectivity index is 1.48. The van der Waals surface area contributed by atoms with E-state index in [9.17, 15) is 9.59 Å². The first kappa shape index (κ1) is 17.8. The van der Waals surface area contributed by atoms with Crippen LogP contribution < -0.4 is 20.1 Å².